The summed E-state index contributed by atoms with van der Waals surface area (Å²) < 4.78 is 13.3. The molecule has 4 nitrogen and oxygen atoms in total. The number of carbonyl (C=O) groups excluding carboxylic acids is 1. The number of hydrogen-bond acceptors (Lipinski definition) is 4. The van der Waals surface area contributed by atoms with Crippen molar-refractivity contribution in [3.63, 3.8) is 0 Å². The maximum absolute atomic E-state index is 13.3. The number of aryl methyl sites for hydroxylation is 1. The van der Waals surface area contributed by atoms with E-state index in [0.29, 0.717) is 16.5 Å². The molecule has 3 rings (SSSR count). The number of phenols is 1. The van der Waals surface area contributed by atoms with Gasteiger partial charge in [0.05, 0.1) is 10.6 Å². The van der Waals surface area contributed by atoms with E-state index in [0.717, 1.165) is 19.3 Å². The Labute approximate surface area is 150 Å². The molecule has 2 aromatic rings. The minimum absolute atomic E-state index is 0.0749. The maximum Gasteiger partial charge on any atom is 0.281 e. The highest BCUT2D eigenvalue weighted by molar-refractivity contribution is 7.14. The third-order valence-electron chi connectivity index (χ3n) is 4.66. The van der Waals surface area contributed by atoms with E-state index < -0.39 is 5.82 Å². The Morgan fingerprint density at radius 3 is 3.00 bits per heavy atom. The highest BCUT2D eigenvalue weighted by Crippen LogP contribution is 2.33. The van der Waals surface area contributed by atoms with Crippen molar-refractivity contribution in [3.8, 4) is 5.75 Å². The van der Waals surface area contributed by atoms with Gasteiger partial charge in [-0.3, -0.25) is 4.79 Å². The molecule has 1 aromatic heterocycles. The number of amides is 1. The summed E-state index contributed by atoms with van der Waals surface area (Å²) in [6.07, 6.45) is 4.42. The molecular formula is C19H21FN2O2S. The summed E-state index contributed by atoms with van der Waals surface area (Å²) >= 11 is 1.52. The average Bonchev–Trinajstić information content (AvgIpc) is 3.04. The predicted octanol–water partition coefficient (Wildman–Crippen LogP) is 4.26. The fourth-order valence-electron chi connectivity index (χ4n) is 3.11. The number of carbonyl (C=O) groups is 1. The van der Waals surface area contributed by atoms with Gasteiger partial charge >= 0.3 is 0 Å². The Balaban J connectivity index is 1.72. The van der Waals surface area contributed by atoms with Crippen LogP contribution in [0, 0.1) is 11.7 Å². The summed E-state index contributed by atoms with van der Waals surface area (Å²) in [6.45, 7) is 3.81. The number of thiophene rings is 1. The zero-order valence-corrected chi connectivity index (χ0v) is 15.1. The van der Waals surface area contributed by atoms with Crippen LogP contribution in [0.2, 0.25) is 0 Å². The summed E-state index contributed by atoms with van der Waals surface area (Å²) in [5, 5.41) is 13.8. The SMILES string of the molecule is CC[C@H]1CCc2sc(C(=O)N/N=C(\C)c3cc(F)ccc3O)cc2C1. The van der Waals surface area contributed by atoms with Crippen LogP contribution in [-0.2, 0) is 12.8 Å². The Kier molecular flexibility index (Phi) is 5.18. The molecule has 0 saturated heterocycles. The molecule has 1 aliphatic carbocycles. The van der Waals surface area contributed by atoms with Gasteiger partial charge in [-0.15, -0.1) is 11.3 Å². The molecular weight excluding hydrogens is 339 g/mol. The van der Waals surface area contributed by atoms with Gasteiger partial charge < -0.3 is 5.11 Å². The minimum Gasteiger partial charge on any atom is -0.507 e. The van der Waals surface area contributed by atoms with Gasteiger partial charge in [-0.1, -0.05) is 13.3 Å². The van der Waals surface area contributed by atoms with Crippen LogP contribution in [0.4, 0.5) is 4.39 Å². The quantitative estimate of drug-likeness (QED) is 0.632. The number of rotatable bonds is 4. The Morgan fingerprint density at radius 2 is 2.24 bits per heavy atom. The first-order valence-electron chi connectivity index (χ1n) is 8.43. The van der Waals surface area contributed by atoms with Crippen molar-refractivity contribution in [2.24, 2.45) is 11.0 Å². The van der Waals surface area contributed by atoms with Crippen molar-refractivity contribution in [3.05, 3.63) is 51.0 Å². The lowest BCUT2D eigenvalue weighted by atomic mass is 9.87. The van der Waals surface area contributed by atoms with Crippen molar-refractivity contribution in [2.45, 2.75) is 39.5 Å². The lowest BCUT2D eigenvalue weighted by molar-refractivity contribution is 0.0958. The number of aromatic hydroxyl groups is 1. The molecule has 1 atom stereocenters. The second-order valence-corrected chi connectivity index (χ2v) is 7.51. The van der Waals surface area contributed by atoms with E-state index in [4.69, 9.17) is 0 Å². The molecule has 1 amide bonds. The van der Waals surface area contributed by atoms with Gasteiger partial charge in [0.1, 0.15) is 11.6 Å². The monoisotopic (exact) mass is 360 g/mol. The average molecular weight is 360 g/mol. The number of halogens is 1. The van der Waals surface area contributed by atoms with Crippen LogP contribution in [-0.4, -0.2) is 16.7 Å². The summed E-state index contributed by atoms with van der Waals surface area (Å²) in [5.74, 6) is -0.115. The lowest BCUT2D eigenvalue weighted by Crippen LogP contribution is -2.18. The molecule has 0 aliphatic heterocycles. The van der Waals surface area contributed by atoms with E-state index in [1.807, 2.05) is 6.07 Å². The van der Waals surface area contributed by atoms with Crippen molar-refractivity contribution in [1.82, 2.24) is 5.43 Å². The first-order valence-corrected chi connectivity index (χ1v) is 9.24. The van der Waals surface area contributed by atoms with Crippen molar-refractivity contribution >= 4 is 23.0 Å². The number of nitrogens with one attached hydrogen (secondary N) is 1. The molecule has 2 N–H and O–H groups in total. The molecule has 0 saturated carbocycles. The molecule has 1 aliphatic rings. The van der Waals surface area contributed by atoms with Gasteiger partial charge in [-0.2, -0.15) is 5.10 Å². The van der Waals surface area contributed by atoms with Crippen LogP contribution < -0.4 is 5.43 Å². The maximum atomic E-state index is 13.3. The lowest BCUT2D eigenvalue weighted by Gasteiger charge is -2.19. The van der Waals surface area contributed by atoms with E-state index in [1.54, 1.807) is 6.92 Å². The fourth-order valence-corrected chi connectivity index (χ4v) is 4.21. The van der Waals surface area contributed by atoms with Gasteiger partial charge in [0, 0.05) is 10.4 Å². The van der Waals surface area contributed by atoms with Crippen LogP contribution in [0.1, 0.15) is 52.4 Å². The normalized spacial score (nSPS) is 17.2. The van der Waals surface area contributed by atoms with Crippen LogP contribution in [0.5, 0.6) is 5.75 Å². The highest BCUT2D eigenvalue weighted by Gasteiger charge is 2.22. The first-order chi connectivity index (χ1) is 12.0. The number of phenolic OH excluding ortho intramolecular Hbond substituents is 1. The Bertz CT molecular complexity index is 829. The Morgan fingerprint density at radius 1 is 1.44 bits per heavy atom. The summed E-state index contributed by atoms with van der Waals surface area (Å²) in [6, 6.07) is 5.59. The number of hydrogen-bond donors (Lipinski definition) is 2. The van der Waals surface area contributed by atoms with E-state index in [1.165, 1.54) is 46.4 Å². The summed E-state index contributed by atoms with van der Waals surface area (Å²) in [7, 11) is 0. The van der Waals surface area contributed by atoms with Crippen molar-refractivity contribution in [1.29, 1.82) is 0 Å². The predicted molar refractivity (Wildman–Crippen MR) is 97.9 cm³/mol. The topological polar surface area (TPSA) is 61.7 Å². The van der Waals surface area contributed by atoms with E-state index in [2.05, 4.69) is 17.5 Å². The molecule has 0 radical (unpaired) electrons. The Hall–Kier alpha value is -2.21. The van der Waals surface area contributed by atoms with Crippen LogP contribution in [0.25, 0.3) is 0 Å². The summed E-state index contributed by atoms with van der Waals surface area (Å²) in [4.78, 5) is 14.3. The molecule has 0 unspecified atom stereocenters. The number of hydrazone groups is 1. The highest BCUT2D eigenvalue weighted by atomic mass is 32.1. The van der Waals surface area contributed by atoms with Crippen LogP contribution >= 0.6 is 11.3 Å². The summed E-state index contributed by atoms with van der Waals surface area (Å²) in [5.41, 5.74) is 4.38. The van der Waals surface area contributed by atoms with Crippen molar-refractivity contribution < 1.29 is 14.3 Å². The van der Waals surface area contributed by atoms with E-state index in [-0.39, 0.29) is 17.2 Å². The molecule has 132 valence electrons. The largest absolute Gasteiger partial charge is 0.507 e. The molecule has 25 heavy (non-hydrogen) atoms. The number of benzene rings is 1. The third kappa shape index (κ3) is 3.90. The zero-order valence-electron chi connectivity index (χ0n) is 14.3. The number of nitrogens with zero attached hydrogens (tertiary/aromatic N) is 1. The fraction of sp³-hybridized carbons (Fsp3) is 0.368. The second-order valence-electron chi connectivity index (χ2n) is 6.38. The van der Waals surface area contributed by atoms with Gasteiger partial charge in [-0.05, 0) is 61.9 Å². The van der Waals surface area contributed by atoms with Gasteiger partial charge in [0.2, 0.25) is 0 Å². The van der Waals surface area contributed by atoms with Gasteiger partial charge in [0.15, 0.2) is 0 Å². The van der Waals surface area contributed by atoms with Crippen LogP contribution in [0.3, 0.4) is 0 Å². The van der Waals surface area contributed by atoms with E-state index in [9.17, 15) is 14.3 Å². The second kappa shape index (κ2) is 7.35. The van der Waals surface area contributed by atoms with Crippen LogP contribution in [0.15, 0.2) is 29.4 Å². The smallest absolute Gasteiger partial charge is 0.281 e. The minimum atomic E-state index is -0.468. The van der Waals surface area contributed by atoms with Gasteiger partial charge in [0.25, 0.3) is 5.91 Å². The molecule has 1 heterocycles. The van der Waals surface area contributed by atoms with Gasteiger partial charge in [-0.25, -0.2) is 9.82 Å². The standard InChI is InChI=1S/C19H21FN2O2S/c1-3-12-4-7-17-13(8-12)9-18(25-17)19(24)22-21-11(2)15-10-14(20)5-6-16(15)23/h5-6,9-10,12,23H,3-4,7-8H2,1-2H3,(H,22,24)/b21-11+/t12-/m0/s1. The van der Waals surface area contributed by atoms with E-state index >= 15 is 0 Å². The molecule has 6 heteroatoms. The molecule has 0 bridgehead atoms. The molecule has 1 aromatic carbocycles. The zero-order chi connectivity index (χ0) is 18.0. The number of fused-ring (bicyclic) bond motifs is 1. The third-order valence-corrected chi connectivity index (χ3v) is 5.90. The van der Waals surface area contributed by atoms with Crippen molar-refractivity contribution in [2.75, 3.05) is 0 Å². The molecule has 0 spiro atoms. The molecule has 0 fully saturated rings. The first kappa shape index (κ1) is 17.6.